The maximum absolute atomic E-state index is 12.1. The van der Waals surface area contributed by atoms with Crippen LogP contribution < -0.4 is 5.32 Å². The van der Waals surface area contributed by atoms with Crippen molar-refractivity contribution in [1.29, 1.82) is 0 Å². The summed E-state index contributed by atoms with van der Waals surface area (Å²) < 4.78 is 0. The molecule has 2 heterocycles. The van der Waals surface area contributed by atoms with E-state index in [1.165, 1.54) is 6.08 Å². The number of hydrogen-bond acceptors (Lipinski definition) is 3. The first kappa shape index (κ1) is 15.7. The lowest BCUT2D eigenvalue weighted by Crippen LogP contribution is -2.09. The second-order valence-corrected chi connectivity index (χ2v) is 5.49. The molecule has 0 spiro atoms. The van der Waals surface area contributed by atoms with Gasteiger partial charge < -0.3 is 5.32 Å². The zero-order valence-electron chi connectivity index (χ0n) is 13.6. The smallest absolute Gasteiger partial charge is 0.249 e. The summed E-state index contributed by atoms with van der Waals surface area (Å²) >= 11 is 0. The summed E-state index contributed by atoms with van der Waals surface area (Å²) in [5.41, 5.74) is 4.88. The molecule has 0 radical (unpaired) electrons. The second-order valence-electron chi connectivity index (χ2n) is 5.49. The maximum Gasteiger partial charge on any atom is 0.249 e. The first-order chi connectivity index (χ1) is 11.6. The average molecular weight is 318 g/mol. The number of aromatic amines is 1. The van der Waals surface area contributed by atoms with E-state index in [9.17, 15) is 4.79 Å². The molecule has 24 heavy (non-hydrogen) atoms. The van der Waals surface area contributed by atoms with Crippen molar-refractivity contribution < 1.29 is 4.79 Å². The Labute approximate surface area is 140 Å². The summed E-state index contributed by atoms with van der Waals surface area (Å²) in [5, 5.41) is 9.96. The standard InChI is InChI=1S/C19H18N4O/c1-13-5-3-4-6-15(13)7-8-17(24)21-19-14(2)18(22-23-19)16-9-11-20-12-10-16/h3-12H,1-2H3,(H2,21,22,23,24). The van der Waals surface area contributed by atoms with Gasteiger partial charge in [-0.25, -0.2) is 0 Å². The van der Waals surface area contributed by atoms with E-state index in [0.717, 1.165) is 27.9 Å². The molecule has 3 rings (SSSR count). The van der Waals surface area contributed by atoms with Crippen LogP contribution in [0.2, 0.25) is 0 Å². The number of carbonyl (C=O) groups is 1. The number of H-pyrrole nitrogens is 1. The van der Waals surface area contributed by atoms with Crippen LogP contribution in [-0.4, -0.2) is 21.1 Å². The van der Waals surface area contributed by atoms with Crippen molar-refractivity contribution in [2.45, 2.75) is 13.8 Å². The highest BCUT2D eigenvalue weighted by Gasteiger charge is 2.11. The van der Waals surface area contributed by atoms with Crippen molar-refractivity contribution >= 4 is 17.8 Å². The molecule has 5 heteroatoms. The number of rotatable bonds is 4. The van der Waals surface area contributed by atoms with Crippen LogP contribution in [0.15, 0.2) is 54.9 Å². The molecule has 0 bridgehead atoms. The van der Waals surface area contributed by atoms with Gasteiger partial charge in [-0.2, -0.15) is 5.10 Å². The number of aryl methyl sites for hydroxylation is 1. The minimum Gasteiger partial charge on any atom is -0.305 e. The molecule has 0 aliphatic carbocycles. The molecule has 120 valence electrons. The fourth-order valence-corrected chi connectivity index (χ4v) is 2.42. The van der Waals surface area contributed by atoms with Crippen molar-refractivity contribution in [3.63, 3.8) is 0 Å². The van der Waals surface area contributed by atoms with E-state index in [4.69, 9.17) is 0 Å². The summed E-state index contributed by atoms with van der Waals surface area (Å²) in [6.07, 6.45) is 6.76. The third kappa shape index (κ3) is 3.41. The largest absolute Gasteiger partial charge is 0.305 e. The zero-order valence-corrected chi connectivity index (χ0v) is 13.6. The molecule has 0 fully saturated rings. The SMILES string of the molecule is Cc1ccccc1C=CC(=O)Nc1n[nH]c(-c2ccncc2)c1C. The number of amides is 1. The molecule has 3 aromatic rings. The van der Waals surface area contributed by atoms with E-state index in [2.05, 4.69) is 20.5 Å². The van der Waals surface area contributed by atoms with Crippen molar-refractivity contribution in [3.05, 3.63) is 71.6 Å². The van der Waals surface area contributed by atoms with Crippen molar-refractivity contribution in [2.75, 3.05) is 5.32 Å². The van der Waals surface area contributed by atoms with E-state index in [1.54, 1.807) is 18.5 Å². The monoisotopic (exact) mass is 318 g/mol. The Kier molecular flexibility index (Phi) is 4.52. The first-order valence-corrected chi connectivity index (χ1v) is 7.65. The minimum atomic E-state index is -0.214. The number of carbonyl (C=O) groups excluding carboxylic acids is 1. The van der Waals surface area contributed by atoms with E-state index in [-0.39, 0.29) is 5.91 Å². The number of pyridine rings is 1. The van der Waals surface area contributed by atoms with Gasteiger partial charge in [-0.3, -0.25) is 14.9 Å². The van der Waals surface area contributed by atoms with Gasteiger partial charge in [0, 0.05) is 29.6 Å². The van der Waals surface area contributed by atoms with Crippen LogP contribution in [0.5, 0.6) is 0 Å². The first-order valence-electron chi connectivity index (χ1n) is 7.65. The molecule has 1 aromatic carbocycles. The number of anilines is 1. The number of nitrogens with one attached hydrogen (secondary N) is 2. The number of nitrogens with zero attached hydrogens (tertiary/aromatic N) is 2. The lowest BCUT2D eigenvalue weighted by molar-refractivity contribution is -0.111. The average Bonchev–Trinajstić information content (AvgIpc) is 2.96. The lowest BCUT2D eigenvalue weighted by Gasteiger charge is -2.02. The van der Waals surface area contributed by atoms with Crippen LogP contribution in [0.25, 0.3) is 17.3 Å². The summed E-state index contributed by atoms with van der Waals surface area (Å²) in [7, 11) is 0. The molecule has 2 N–H and O–H groups in total. The minimum absolute atomic E-state index is 0.214. The molecule has 2 aromatic heterocycles. The summed E-state index contributed by atoms with van der Waals surface area (Å²) in [5.74, 6) is 0.315. The molecular formula is C19H18N4O. The molecule has 0 saturated carbocycles. The highest BCUT2D eigenvalue weighted by atomic mass is 16.1. The van der Waals surface area contributed by atoms with E-state index in [1.807, 2.05) is 50.2 Å². The Morgan fingerprint density at radius 2 is 1.88 bits per heavy atom. The number of aromatic nitrogens is 3. The van der Waals surface area contributed by atoms with E-state index in [0.29, 0.717) is 5.82 Å². The summed E-state index contributed by atoms with van der Waals surface area (Å²) in [6.45, 7) is 3.93. The third-order valence-corrected chi connectivity index (χ3v) is 3.82. The topological polar surface area (TPSA) is 70.7 Å². The maximum atomic E-state index is 12.1. The highest BCUT2D eigenvalue weighted by molar-refractivity contribution is 6.02. The fourth-order valence-electron chi connectivity index (χ4n) is 2.42. The second kappa shape index (κ2) is 6.91. The Morgan fingerprint density at radius 3 is 2.62 bits per heavy atom. The molecular weight excluding hydrogens is 300 g/mol. The summed E-state index contributed by atoms with van der Waals surface area (Å²) in [4.78, 5) is 16.1. The van der Waals surface area contributed by atoms with Gasteiger partial charge >= 0.3 is 0 Å². The Morgan fingerprint density at radius 1 is 1.12 bits per heavy atom. The Hall–Kier alpha value is -3.21. The van der Waals surface area contributed by atoms with Gasteiger partial charge in [0.05, 0.1) is 5.69 Å². The molecule has 0 saturated heterocycles. The van der Waals surface area contributed by atoms with Gasteiger partial charge in [0.1, 0.15) is 0 Å². The molecule has 0 atom stereocenters. The van der Waals surface area contributed by atoms with Crippen molar-refractivity contribution in [1.82, 2.24) is 15.2 Å². The normalized spacial score (nSPS) is 10.9. The quantitative estimate of drug-likeness (QED) is 0.720. The lowest BCUT2D eigenvalue weighted by atomic mass is 10.1. The highest BCUT2D eigenvalue weighted by Crippen LogP contribution is 2.25. The van der Waals surface area contributed by atoms with Crippen LogP contribution in [0.1, 0.15) is 16.7 Å². The molecule has 0 unspecified atom stereocenters. The van der Waals surface area contributed by atoms with E-state index < -0.39 is 0 Å². The van der Waals surface area contributed by atoms with Crippen molar-refractivity contribution in [3.8, 4) is 11.3 Å². The zero-order chi connectivity index (χ0) is 16.9. The van der Waals surface area contributed by atoms with Crippen LogP contribution >= 0.6 is 0 Å². The Bertz CT molecular complexity index is 881. The van der Waals surface area contributed by atoms with Crippen molar-refractivity contribution in [2.24, 2.45) is 0 Å². The predicted molar refractivity (Wildman–Crippen MR) is 95.4 cm³/mol. The Balaban J connectivity index is 1.74. The number of hydrogen-bond donors (Lipinski definition) is 2. The van der Waals surface area contributed by atoms with Crippen LogP contribution in [0.3, 0.4) is 0 Å². The van der Waals surface area contributed by atoms with Gasteiger partial charge in [-0.15, -0.1) is 0 Å². The molecule has 0 aliphatic heterocycles. The summed E-state index contributed by atoms with van der Waals surface area (Å²) in [6, 6.07) is 11.7. The third-order valence-electron chi connectivity index (χ3n) is 3.82. The van der Waals surface area contributed by atoms with Gasteiger partial charge in [-0.1, -0.05) is 24.3 Å². The van der Waals surface area contributed by atoms with Gasteiger partial charge in [0.25, 0.3) is 0 Å². The van der Waals surface area contributed by atoms with Gasteiger partial charge in [0.15, 0.2) is 5.82 Å². The molecule has 1 amide bonds. The van der Waals surface area contributed by atoms with Crippen LogP contribution in [0, 0.1) is 13.8 Å². The molecule has 5 nitrogen and oxygen atoms in total. The van der Waals surface area contributed by atoms with Crippen LogP contribution in [0.4, 0.5) is 5.82 Å². The number of benzene rings is 1. The van der Waals surface area contributed by atoms with E-state index >= 15 is 0 Å². The van der Waals surface area contributed by atoms with Crippen LogP contribution in [-0.2, 0) is 4.79 Å². The predicted octanol–water partition coefficient (Wildman–Crippen LogP) is 3.74. The molecule has 0 aliphatic rings. The fraction of sp³-hybridized carbons (Fsp3) is 0.105. The van der Waals surface area contributed by atoms with Gasteiger partial charge in [-0.05, 0) is 43.2 Å². The van der Waals surface area contributed by atoms with Gasteiger partial charge in [0.2, 0.25) is 5.91 Å².